The van der Waals surface area contributed by atoms with Crippen molar-refractivity contribution in [2.75, 3.05) is 39.8 Å². The molecule has 3 heterocycles. The minimum Gasteiger partial charge on any atom is -0.374 e. The summed E-state index contributed by atoms with van der Waals surface area (Å²) in [7, 11) is 2.19. The lowest BCUT2D eigenvalue weighted by Crippen LogP contribution is -2.46. The van der Waals surface area contributed by atoms with Crippen LogP contribution >= 0.6 is 0 Å². The first kappa shape index (κ1) is 15.1. The third kappa shape index (κ3) is 3.74. The van der Waals surface area contributed by atoms with Crippen molar-refractivity contribution in [2.24, 2.45) is 5.92 Å². The van der Waals surface area contributed by atoms with Crippen LogP contribution in [-0.4, -0.2) is 65.1 Å². The number of hydrogen-bond acceptors (Lipinski definition) is 4. The van der Waals surface area contributed by atoms with E-state index >= 15 is 0 Å². The Bertz CT molecular complexity index is 651. The lowest BCUT2D eigenvalue weighted by atomic mass is 10.2. The Labute approximate surface area is 137 Å². The number of likely N-dealkylation sites (N-methyl/N-ethyl adjacent to an activating group) is 1. The lowest BCUT2D eigenvalue weighted by molar-refractivity contribution is -0.0374. The van der Waals surface area contributed by atoms with Gasteiger partial charge in [-0.3, -0.25) is 4.90 Å². The number of hydrogen-bond donors (Lipinski definition) is 0. The van der Waals surface area contributed by atoms with Gasteiger partial charge in [-0.25, -0.2) is 4.98 Å². The van der Waals surface area contributed by atoms with Crippen LogP contribution in [0.5, 0.6) is 0 Å². The van der Waals surface area contributed by atoms with Gasteiger partial charge in [0.1, 0.15) is 5.65 Å². The maximum Gasteiger partial charge on any atom is 0.136 e. The Morgan fingerprint density at radius 3 is 3.04 bits per heavy atom. The third-order valence-electron chi connectivity index (χ3n) is 4.90. The van der Waals surface area contributed by atoms with Crippen LogP contribution in [0.4, 0.5) is 0 Å². The fourth-order valence-electron chi connectivity index (χ4n) is 3.47. The second-order valence-electron chi connectivity index (χ2n) is 7.07. The van der Waals surface area contributed by atoms with Crippen molar-refractivity contribution in [3.8, 4) is 0 Å². The van der Waals surface area contributed by atoms with E-state index in [1.54, 1.807) is 0 Å². The molecule has 0 unspecified atom stereocenters. The topological polar surface area (TPSA) is 33.0 Å². The van der Waals surface area contributed by atoms with Crippen LogP contribution in [0.15, 0.2) is 30.6 Å². The minimum atomic E-state index is 0.326. The molecule has 5 nitrogen and oxygen atoms in total. The van der Waals surface area contributed by atoms with E-state index in [2.05, 4.69) is 44.6 Å². The Morgan fingerprint density at radius 1 is 1.30 bits per heavy atom. The van der Waals surface area contributed by atoms with E-state index in [-0.39, 0.29) is 0 Å². The molecule has 0 spiro atoms. The molecule has 0 N–H and O–H groups in total. The molecule has 0 radical (unpaired) electrons. The van der Waals surface area contributed by atoms with Crippen LogP contribution in [0, 0.1) is 5.92 Å². The molecule has 4 rings (SSSR count). The van der Waals surface area contributed by atoms with Crippen molar-refractivity contribution in [3.05, 3.63) is 36.3 Å². The molecule has 1 saturated carbocycles. The summed E-state index contributed by atoms with van der Waals surface area (Å²) in [6, 6.07) is 6.18. The number of pyridine rings is 1. The molecule has 0 aromatic carbocycles. The van der Waals surface area contributed by atoms with Gasteiger partial charge in [0.05, 0.1) is 24.6 Å². The summed E-state index contributed by atoms with van der Waals surface area (Å²) >= 11 is 0. The Kier molecular flexibility index (Phi) is 4.33. The molecule has 1 aliphatic carbocycles. The highest BCUT2D eigenvalue weighted by molar-refractivity contribution is 5.39. The Balaban J connectivity index is 1.46. The fraction of sp³-hybridized carbons (Fsp3) is 0.611. The number of imidazole rings is 1. The molecule has 124 valence electrons. The molecule has 2 aliphatic rings. The molecule has 1 saturated heterocycles. The van der Waals surface area contributed by atoms with Crippen LogP contribution in [0.25, 0.3) is 5.65 Å². The lowest BCUT2D eigenvalue weighted by Gasteiger charge is -2.34. The average Bonchev–Trinajstić information content (AvgIpc) is 3.27. The molecule has 23 heavy (non-hydrogen) atoms. The van der Waals surface area contributed by atoms with Gasteiger partial charge in [0.15, 0.2) is 0 Å². The summed E-state index contributed by atoms with van der Waals surface area (Å²) < 4.78 is 8.18. The zero-order valence-electron chi connectivity index (χ0n) is 13.9. The predicted octanol–water partition coefficient (Wildman–Crippen LogP) is 1.88. The second kappa shape index (κ2) is 6.59. The van der Waals surface area contributed by atoms with Gasteiger partial charge in [0, 0.05) is 38.9 Å². The van der Waals surface area contributed by atoms with E-state index in [9.17, 15) is 0 Å². The third-order valence-corrected chi connectivity index (χ3v) is 4.90. The van der Waals surface area contributed by atoms with Gasteiger partial charge < -0.3 is 14.0 Å². The minimum absolute atomic E-state index is 0.326. The van der Waals surface area contributed by atoms with E-state index in [1.165, 1.54) is 25.1 Å². The summed E-state index contributed by atoms with van der Waals surface area (Å²) in [6.45, 7) is 6.09. The number of rotatable bonds is 6. The van der Waals surface area contributed by atoms with Crippen LogP contribution in [0.2, 0.25) is 0 Å². The number of fused-ring (bicyclic) bond motifs is 1. The Morgan fingerprint density at radius 2 is 2.22 bits per heavy atom. The monoisotopic (exact) mass is 314 g/mol. The van der Waals surface area contributed by atoms with Crippen molar-refractivity contribution in [2.45, 2.75) is 25.5 Å². The molecular formula is C18H26N4O. The maximum atomic E-state index is 5.98. The van der Waals surface area contributed by atoms with Crippen LogP contribution < -0.4 is 0 Å². The first-order valence-electron chi connectivity index (χ1n) is 8.71. The summed E-state index contributed by atoms with van der Waals surface area (Å²) in [6.07, 6.45) is 7.22. The van der Waals surface area contributed by atoms with Crippen molar-refractivity contribution >= 4 is 5.65 Å². The van der Waals surface area contributed by atoms with Gasteiger partial charge in [-0.2, -0.15) is 0 Å². The average molecular weight is 314 g/mol. The molecule has 1 aliphatic heterocycles. The molecule has 2 fully saturated rings. The molecule has 0 bridgehead atoms. The molecule has 5 heteroatoms. The highest BCUT2D eigenvalue weighted by Crippen LogP contribution is 2.30. The van der Waals surface area contributed by atoms with Crippen LogP contribution in [-0.2, 0) is 11.3 Å². The van der Waals surface area contributed by atoms with Gasteiger partial charge in [0.2, 0.25) is 0 Å². The van der Waals surface area contributed by atoms with Crippen molar-refractivity contribution < 1.29 is 4.74 Å². The first-order chi connectivity index (χ1) is 11.3. The quantitative estimate of drug-likeness (QED) is 0.815. The van der Waals surface area contributed by atoms with Crippen LogP contribution in [0.3, 0.4) is 0 Å². The summed E-state index contributed by atoms with van der Waals surface area (Å²) in [5, 5.41) is 0. The van der Waals surface area contributed by atoms with Crippen molar-refractivity contribution in [1.82, 2.24) is 19.2 Å². The molecule has 2 aromatic heterocycles. The zero-order valence-corrected chi connectivity index (χ0v) is 13.9. The van der Waals surface area contributed by atoms with Gasteiger partial charge in [-0.05, 0) is 37.9 Å². The molecule has 2 aromatic rings. The number of aromatic nitrogens is 2. The summed E-state index contributed by atoms with van der Waals surface area (Å²) in [4.78, 5) is 9.46. The SMILES string of the molecule is CN1CCO[C@H](CN(Cc2cnc3ccccn23)CC2CC2)C1. The van der Waals surface area contributed by atoms with Crippen molar-refractivity contribution in [1.29, 1.82) is 0 Å². The number of morpholine rings is 1. The molecule has 0 amide bonds. The Hall–Kier alpha value is -1.43. The smallest absolute Gasteiger partial charge is 0.136 e. The first-order valence-corrected chi connectivity index (χ1v) is 8.71. The normalized spacial score (nSPS) is 23.0. The van der Waals surface area contributed by atoms with E-state index in [0.29, 0.717) is 6.10 Å². The zero-order chi connectivity index (χ0) is 15.6. The van der Waals surface area contributed by atoms with Gasteiger partial charge >= 0.3 is 0 Å². The van der Waals surface area contributed by atoms with Crippen LogP contribution in [0.1, 0.15) is 18.5 Å². The van der Waals surface area contributed by atoms with Gasteiger partial charge in [-0.1, -0.05) is 6.07 Å². The highest BCUT2D eigenvalue weighted by atomic mass is 16.5. The van der Waals surface area contributed by atoms with E-state index in [4.69, 9.17) is 4.74 Å². The fourth-order valence-corrected chi connectivity index (χ4v) is 3.47. The van der Waals surface area contributed by atoms with Gasteiger partial charge in [0.25, 0.3) is 0 Å². The second-order valence-corrected chi connectivity index (χ2v) is 7.07. The maximum absolute atomic E-state index is 5.98. The summed E-state index contributed by atoms with van der Waals surface area (Å²) in [5.41, 5.74) is 2.30. The number of ether oxygens (including phenoxy) is 1. The van der Waals surface area contributed by atoms with Crippen molar-refractivity contribution in [3.63, 3.8) is 0 Å². The van der Waals surface area contributed by atoms with E-state index in [1.807, 2.05) is 12.3 Å². The van der Waals surface area contributed by atoms with E-state index in [0.717, 1.165) is 44.4 Å². The highest BCUT2D eigenvalue weighted by Gasteiger charge is 2.27. The molecular weight excluding hydrogens is 288 g/mol. The van der Waals surface area contributed by atoms with E-state index < -0.39 is 0 Å². The molecule has 1 atom stereocenters. The largest absolute Gasteiger partial charge is 0.374 e. The summed E-state index contributed by atoms with van der Waals surface area (Å²) in [5.74, 6) is 0.885. The number of nitrogens with zero attached hydrogens (tertiary/aromatic N) is 4. The standard InChI is InChI=1S/C18H26N4O/c1-20-8-9-23-17(13-20)14-21(11-15-5-6-15)12-16-10-19-18-4-2-3-7-22(16)18/h2-4,7,10,15,17H,5-6,8-9,11-14H2,1H3/t17-/m0/s1. The van der Waals surface area contributed by atoms with Gasteiger partial charge in [-0.15, -0.1) is 0 Å². The predicted molar refractivity (Wildman–Crippen MR) is 90.4 cm³/mol.